The molecule has 0 N–H and O–H groups in total. The van der Waals surface area contributed by atoms with Crippen molar-refractivity contribution in [2.45, 2.75) is 66.7 Å². The summed E-state index contributed by atoms with van der Waals surface area (Å²) in [7, 11) is 0. The fourth-order valence-electron chi connectivity index (χ4n) is 6.16. The molecular weight excluding hydrogens is 577 g/mol. The molecule has 1 aliphatic carbocycles. The van der Waals surface area contributed by atoms with Crippen molar-refractivity contribution in [1.29, 1.82) is 0 Å². The summed E-state index contributed by atoms with van der Waals surface area (Å²) < 4.78 is 0. The lowest BCUT2D eigenvalue weighted by molar-refractivity contribution is 0.660. The van der Waals surface area contributed by atoms with Crippen molar-refractivity contribution < 1.29 is 0 Å². The lowest BCUT2D eigenvalue weighted by Crippen LogP contribution is -2.15. The van der Waals surface area contributed by atoms with E-state index in [1.807, 2.05) is 31.2 Å². The van der Waals surface area contributed by atoms with E-state index < -0.39 is 0 Å². The van der Waals surface area contributed by atoms with Gasteiger partial charge < -0.3 is 0 Å². The molecular formula is C48H52. The molecule has 0 aliphatic heterocycles. The summed E-state index contributed by atoms with van der Waals surface area (Å²) in [6, 6.07) is 42.2. The van der Waals surface area contributed by atoms with Gasteiger partial charge in [0.2, 0.25) is 0 Å². The van der Waals surface area contributed by atoms with Gasteiger partial charge in [-0.3, -0.25) is 0 Å². The Balaban J connectivity index is 0.000000314. The predicted octanol–water partition coefficient (Wildman–Crippen LogP) is 14.4. The smallest absolute Gasteiger partial charge is 0.0159 e. The summed E-state index contributed by atoms with van der Waals surface area (Å²) in [5.41, 5.74) is 16.0. The molecule has 5 aromatic rings. The highest BCUT2D eigenvalue weighted by Crippen LogP contribution is 2.49. The van der Waals surface area contributed by atoms with Gasteiger partial charge >= 0.3 is 0 Å². The number of allylic oxidation sites excluding steroid dienone is 7. The van der Waals surface area contributed by atoms with Crippen LogP contribution in [0.25, 0.3) is 44.5 Å². The highest BCUT2D eigenvalue weighted by Gasteiger charge is 2.35. The summed E-state index contributed by atoms with van der Waals surface area (Å²) in [5.74, 6) is 0. The Bertz CT molecular complexity index is 1860. The predicted molar refractivity (Wildman–Crippen MR) is 214 cm³/mol. The maximum atomic E-state index is 3.51. The summed E-state index contributed by atoms with van der Waals surface area (Å²) in [6.45, 7) is 18.8. The minimum atomic E-state index is 0.0210. The number of rotatable bonds is 7. The van der Waals surface area contributed by atoms with Gasteiger partial charge in [0, 0.05) is 5.41 Å². The molecule has 0 fully saturated rings. The Kier molecular flexibility index (Phi) is 12.9. The minimum absolute atomic E-state index is 0.0210. The number of fused-ring (bicyclic) bond motifs is 3. The first kappa shape index (κ1) is 35.9. The molecule has 0 atom stereocenters. The molecule has 6 rings (SSSR count). The lowest BCUT2D eigenvalue weighted by Gasteiger charge is -2.22. The Labute approximate surface area is 290 Å². The van der Waals surface area contributed by atoms with Crippen LogP contribution in [0.5, 0.6) is 0 Å². The van der Waals surface area contributed by atoms with Gasteiger partial charge in [-0.05, 0) is 95.8 Å². The Hall–Kier alpha value is -4.94. The number of aryl methyl sites for hydroxylation is 1. The number of benzene rings is 5. The van der Waals surface area contributed by atoms with E-state index in [4.69, 9.17) is 0 Å². The maximum Gasteiger partial charge on any atom is 0.0159 e. The molecule has 48 heavy (non-hydrogen) atoms. The van der Waals surface area contributed by atoms with Crippen LogP contribution in [-0.2, 0) is 5.41 Å². The van der Waals surface area contributed by atoms with E-state index in [0.717, 1.165) is 0 Å². The second kappa shape index (κ2) is 17.3. The number of hydrogen-bond donors (Lipinski definition) is 0. The van der Waals surface area contributed by atoms with E-state index >= 15 is 0 Å². The zero-order chi connectivity index (χ0) is 34.5. The van der Waals surface area contributed by atoms with Gasteiger partial charge in [-0.15, -0.1) is 0 Å². The standard InChI is InChI=1S/C34H28.C7H14.C7H10/c1-23-9-19-30-31-20-18-29(22-33(31)34(2,3)32(30)21-23)28-16-14-27(15-17-28)26-12-10-25(11-13-26)24-7-5-4-6-8-24;1-4-6-7(3)5-2;1-3-5-7-6-4-2/h4-22H,1-3H3;5H,4,6H2,1-3H3;3-7H,1H2,2H3/b;7-5+;6-4-,7-5-. The highest BCUT2D eigenvalue weighted by molar-refractivity contribution is 5.84. The molecule has 0 heteroatoms. The van der Waals surface area contributed by atoms with Crippen LogP contribution in [0.15, 0.2) is 164 Å². The third-order valence-corrected chi connectivity index (χ3v) is 9.06. The van der Waals surface area contributed by atoms with Crippen molar-refractivity contribution in [1.82, 2.24) is 0 Å². The van der Waals surface area contributed by atoms with Crippen LogP contribution in [0.1, 0.15) is 71.1 Å². The fraction of sp³-hybridized carbons (Fsp3) is 0.208. The first-order valence-corrected chi connectivity index (χ1v) is 17.3. The van der Waals surface area contributed by atoms with Gasteiger partial charge in [0.1, 0.15) is 0 Å². The second-order valence-electron chi connectivity index (χ2n) is 13.0. The first-order valence-electron chi connectivity index (χ1n) is 17.3. The van der Waals surface area contributed by atoms with Crippen LogP contribution >= 0.6 is 0 Å². The molecule has 0 nitrogen and oxygen atoms in total. The Morgan fingerprint density at radius 1 is 0.604 bits per heavy atom. The molecule has 0 unspecified atom stereocenters. The maximum absolute atomic E-state index is 3.51. The van der Waals surface area contributed by atoms with Crippen LogP contribution in [-0.4, -0.2) is 0 Å². The molecule has 1 aliphatic rings. The molecule has 5 aromatic carbocycles. The summed E-state index contributed by atoms with van der Waals surface area (Å²) in [4.78, 5) is 0. The van der Waals surface area contributed by atoms with Crippen molar-refractivity contribution in [3.8, 4) is 44.5 Å². The van der Waals surface area contributed by atoms with Crippen molar-refractivity contribution in [3.05, 3.63) is 181 Å². The third-order valence-electron chi connectivity index (χ3n) is 9.06. The summed E-state index contributed by atoms with van der Waals surface area (Å²) in [6.07, 6.45) is 14.2. The molecule has 0 spiro atoms. The van der Waals surface area contributed by atoms with Crippen LogP contribution < -0.4 is 0 Å². The van der Waals surface area contributed by atoms with E-state index in [1.54, 1.807) is 6.08 Å². The van der Waals surface area contributed by atoms with Crippen molar-refractivity contribution in [2.75, 3.05) is 0 Å². The summed E-state index contributed by atoms with van der Waals surface area (Å²) in [5, 5.41) is 0. The fourth-order valence-corrected chi connectivity index (χ4v) is 6.16. The Morgan fingerprint density at radius 2 is 1.08 bits per heavy atom. The van der Waals surface area contributed by atoms with Gasteiger partial charge in [-0.1, -0.05) is 191 Å². The van der Waals surface area contributed by atoms with Crippen molar-refractivity contribution in [3.63, 3.8) is 0 Å². The highest BCUT2D eigenvalue weighted by atomic mass is 14.4. The van der Waals surface area contributed by atoms with Crippen LogP contribution in [0.4, 0.5) is 0 Å². The molecule has 0 radical (unpaired) electrons. The zero-order valence-electron chi connectivity index (χ0n) is 30.1. The first-order chi connectivity index (χ1) is 23.2. The normalized spacial score (nSPS) is 12.9. The van der Waals surface area contributed by atoms with E-state index in [2.05, 4.69) is 169 Å². The molecule has 0 saturated heterocycles. The van der Waals surface area contributed by atoms with Gasteiger partial charge in [0.05, 0.1) is 0 Å². The topological polar surface area (TPSA) is 0 Å². The average molecular weight is 629 g/mol. The monoisotopic (exact) mass is 628 g/mol. The van der Waals surface area contributed by atoms with Gasteiger partial charge in [0.15, 0.2) is 0 Å². The lowest BCUT2D eigenvalue weighted by atomic mass is 9.81. The van der Waals surface area contributed by atoms with Crippen LogP contribution in [0.3, 0.4) is 0 Å². The van der Waals surface area contributed by atoms with Crippen molar-refractivity contribution in [2.24, 2.45) is 0 Å². The minimum Gasteiger partial charge on any atom is -0.0991 e. The largest absolute Gasteiger partial charge is 0.0991 e. The zero-order valence-corrected chi connectivity index (χ0v) is 30.1. The van der Waals surface area contributed by atoms with Crippen molar-refractivity contribution >= 4 is 0 Å². The van der Waals surface area contributed by atoms with E-state index in [0.29, 0.717) is 0 Å². The van der Waals surface area contributed by atoms with E-state index in [9.17, 15) is 0 Å². The van der Waals surface area contributed by atoms with Crippen LogP contribution in [0, 0.1) is 6.92 Å². The molecule has 0 aromatic heterocycles. The molecule has 244 valence electrons. The van der Waals surface area contributed by atoms with E-state index in [-0.39, 0.29) is 5.41 Å². The Morgan fingerprint density at radius 3 is 1.56 bits per heavy atom. The molecule has 0 bridgehead atoms. The average Bonchev–Trinajstić information content (AvgIpc) is 3.34. The molecule has 0 heterocycles. The van der Waals surface area contributed by atoms with Gasteiger partial charge in [-0.2, -0.15) is 0 Å². The second-order valence-corrected chi connectivity index (χ2v) is 13.0. The molecule has 0 amide bonds. The molecule has 0 saturated carbocycles. The summed E-state index contributed by atoms with van der Waals surface area (Å²) >= 11 is 0. The number of hydrogen-bond acceptors (Lipinski definition) is 0. The van der Waals surface area contributed by atoms with Crippen LogP contribution in [0.2, 0.25) is 0 Å². The SMILES string of the molecule is C/C=C(\C)CCC.C=C/C=C\C=C/C.Cc1ccc2c(c1)C(C)(C)c1cc(-c3ccc(-c4ccc(-c5ccccc5)cc4)cc3)ccc1-2. The van der Waals surface area contributed by atoms with Gasteiger partial charge in [0.25, 0.3) is 0 Å². The quantitative estimate of drug-likeness (QED) is 0.124. The third kappa shape index (κ3) is 8.90. The van der Waals surface area contributed by atoms with E-state index in [1.165, 1.54) is 79.6 Å². The van der Waals surface area contributed by atoms with Gasteiger partial charge in [-0.25, -0.2) is 0 Å².